The largest absolute Gasteiger partial charge is 0.477 e. The summed E-state index contributed by atoms with van der Waals surface area (Å²) in [7, 11) is 0. The Morgan fingerprint density at radius 2 is 1.78 bits per heavy atom. The molecule has 0 amide bonds. The zero-order valence-corrected chi connectivity index (χ0v) is 18.1. The van der Waals surface area contributed by atoms with Crippen molar-refractivity contribution in [2.75, 3.05) is 0 Å². The van der Waals surface area contributed by atoms with Crippen LogP contribution in [0.15, 0.2) is 88.3 Å². The molecule has 2 aromatic heterocycles. The number of benzene rings is 2. The van der Waals surface area contributed by atoms with E-state index in [1.165, 1.54) is 27.3 Å². The number of hydrogen-bond acceptors (Lipinski definition) is 2. The maximum Gasteiger partial charge on any atom is 0.416 e. The topological polar surface area (TPSA) is 45.6 Å². The van der Waals surface area contributed by atoms with E-state index < -0.39 is 23.2 Å². The molecule has 0 saturated carbocycles. The molecule has 4 aromatic rings. The summed E-state index contributed by atoms with van der Waals surface area (Å²) >= 11 is 3.38. The van der Waals surface area contributed by atoms with Gasteiger partial charge in [-0.2, -0.15) is 22.1 Å². The minimum atomic E-state index is -4.57. The van der Waals surface area contributed by atoms with E-state index in [4.69, 9.17) is 0 Å². The molecule has 32 heavy (non-hydrogen) atoms. The summed E-state index contributed by atoms with van der Waals surface area (Å²) in [4.78, 5) is 13.1. The Kier molecular flexibility index (Phi) is 5.88. The number of rotatable bonds is 4. The molecule has 0 unspecified atom stereocenters. The molecule has 0 radical (unpaired) electrons. The first-order chi connectivity index (χ1) is 15.3. The van der Waals surface area contributed by atoms with Gasteiger partial charge < -0.3 is 5.11 Å². The van der Waals surface area contributed by atoms with E-state index >= 15 is 0 Å². The summed E-state index contributed by atoms with van der Waals surface area (Å²) < 4.78 is 43.4. The lowest BCUT2D eigenvalue weighted by molar-refractivity contribution is -0.670. The van der Waals surface area contributed by atoms with Crippen molar-refractivity contribution in [1.29, 1.82) is 0 Å². The zero-order valence-electron chi connectivity index (χ0n) is 16.6. The molecule has 0 atom stereocenters. The molecule has 0 bridgehead atoms. The lowest BCUT2D eigenvalue weighted by Crippen LogP contribution is -2.40. The van der Waals surface area contributed by atoms with E-state index in [-0.39, 0.29) is 17.7 Å². The van der Waals surface area contributed by atoms with Gasteiger partial charge in [-0.15, -0.1) is 0 Å². The highest BCUT2D eigenvalue weighted by Crippen LogP contribution is 2.33. The molecule has 2 aromatic carbocycles. The second kappa shape index (κ2) is 8.63. The first kappa shape index (κ1) is 21.8. The SMILES string of the molecule is O=c1c(-c2cccc(C(F)(F)F)c2)c(O)[n+](C/C=C/c2ccc(Br)cc2)c2ccccn12. The maximum absolute atomic E-state index is 13.2. The Bertz CT molecular complexity index is 1380. The molecule has 8 heteroatoms. The van der Waals surface area contributed by atoms with Crippen LogP contribution in [-0.2, 0) is 12.7 Å². The fraction of sp³-hybridized carbons (Fsp3) is 0.0833. The van der Waals surface area contributed by atoms with Gasteiger partial charge >= 0.3 is 11.7 Å². The summed E-state index contributed by atoms with van der Waals surface area (Å²) in [5.41, 5.74) is -0.364. The molecule has 0 aliphatic carbocycles. The number of allylic oxidation sites excluding steroid dienone is 1. The lowest BCUT2D eigenvalue weighted by atomic mass is 10.0. The number of aromatic hydroxyl groups is 1. The van der Waals surface area contributed by atoms with Crippen molar-refractivity contribution >= 4 is 27.7 Å². The second-order valence-electron chi connectivity index (χ2n) is 7.08. The Balaban J connectivity index is 1.85. The van der Waals surface area contributed by atoms with Crippen molar-refractivity contribution in [3.63, 3.8) is 0 Å². The normalized spacial score (nSPS) is 12.0. The number of hydrogen-bond donors (Lipinski definition) is 1. The summed E-state index contributed by atoms with van der Waals surface area (Å²) in [5, 5.41) is 11.0. The molecule has 4 nitrogen and oxygen atoms in total. The predicted molar refractivity (Wildman–Crippen MR) is 119 cm³/mol. The minimum Gasteiger partial charge on any atom is -0.477 e. The van der Waals surface area contributed by atoms with Crippen LogP contribution in [-0.4, -0.2) is 9.51 Å². The van der Waals surface area contributed by atoms with Gasteiger partial charge in [0.25, 0.3) is 11.5 Å². The van der Waals surface area contributed by atoms with Gasteiger partial charge in [-0.05, 0) is 47.5 Å². The van der Waals surface area contributed by atoms with Crippen molar-refractivity contribution < 1.29 is 22.8 Å². The smallest absolute Gasteiger partial charge is 0.416 e. The van der Waals surface area contributed by atoms with Gasteiger partial charge in [0.2, 0.25) is 0 Å². The highest BCUT2D eigenvalue weighted by Gasteiger charge is 2.32. The van der Waals surface area contributed by atoms with E-state index in [1.807, 2.05) is 30.3 Å². The highest BCUT2D eigenvalue weighted by atomic mass is 79.9. The third-order valence-electron chi connectivity index (χ3n) is 4.97. The average Bonchev–Trinajstić information content (AvgIpc) is 2.77. The quantitative estimate of drug-likeness (QED) is 0.377. The van der Waals surface area contributed by atoms with E-state index in [2.05, 4.69) is 15.9 Å². The second-order valence-corrected chi connectivity index (χ2v) is 7.99. The summed E-state index contributed by atoms with van der Waals surface area (Å²) in [6.45, 7) is 0.196. The van der Waals surface area contributed by atoms with Crippen molar-refractivity contribution in [2.45, 2.75) is 12.7 Å². The molecule has 0 aliphatic heterocycles. The van der Waals surface area contributed by atoms with Crippen LogP contribution >= 0.6 is 15.9 Å². The van der Waals surface area contributed by atoms with Crippen LogP contribution in [0.3, 0.4) is 0 Å². The molecule has 0 spiro atoms. The Morgan fingerprint density at radius 1 is 1.03 bits per heavy atom. The molecule has 0 saturated heterocycles. The number of nitrogens with zero attached hydrogens (tertiary/aromatic N) is 2. The van der Waals surface area contributed by atoms with Gasteiger partial charge in [-0.3, -0.25) is 0 Å². The number of alkyl halides is 3. The average molecular weight is 502 g/mol. The summed E-state index contributed by atoms with van der Waals surface area (Å²) in [6.07, 6.45) is 0.606. The molecular weight excluding hydrogens is 485 g/mol. The van der Waals surface area contributed by atoms with Crippen LogP contribution in [0.1, 0.15) is 11.1 Å². The third-order valence-corrected chi connectivity index (χ3v) is 5.50. The van der Waals surface area contributed by atoms with Crippen LogP contribution in [0.5, 0.6) is 5.88 Å². The molecule has 2 heterocycles. The summed E-state index contributed by atoms with van der Waals surface area (Å²) in [5.74, 6) is -0.402. The monoisotopic (exact) mass is 501 g/mol. The standard InChI is InChI=1S/C24H16BrF3N2O2/c25-19-11-9-16(10-12-19)5-4-14-30-20-8-1-2-13-29(20)22(31)21(23(30)32)17-6-3-7-18(15-17)24(26,27)28/h1-13,15H,14H2/p+1/b5-4+. The molecule has 162 valence electrons. The van der Waals surface area contributed by atoms with Crippen molar-refractivity contribution in [3.8, 4) is 17.0 Å². The Hall–Kier alpha value is -3.39. The fourth-order valence-corrected chi connectivity index (χ4v) is 3.70. The number of halogens is 4. The van der Waals surface area contributed by atoms with Crippen LogP contribution in [0.4, 0.5) is 13.2 Å². The molecule has 0 aliphatic rings. The van der Waals surface area contributed by atoms with Gasteiger partial charge in [0.1, 0.15) is 6.54 Å². The molecule has 4 rings (SSSR count). The Labute approximate surface area is 189 Å². The van der Waals surface area contributed by atoms with Gasteiger partial charge in [0, 0.05) is 10.5 Å². The van der Waals surface area contributed by atoms with Gasteiger partial charge in [0.05, 0.1) is 11.8 Å². The Morgan fingerprint density at radius 3 is 2.50 bits per heavy atom. The van der Waals surface area contributed by atoms with Crippen molar-refractivity contribution in [1.82, 2.24) is 4.40 Å². The van der Waals surface area contributed by atoms with E-state index in [1.54, 1.807) is 24.3 Å². The fourth-order valence-electron chi connectivity index (χ4n) is 3.44. The zero-order chi connectivity index (χ0) is 22.9. The van der Waals surface area contributed by atoms with Crippen LogP contribution in [0.25, 0.3) is 22.9 Å². The van der Waals surface area contributed by atoms with Crippen LogP contribution in [0.2, 0.25) is 0 Å². The molecule has 0 fully saturated rings. The van der Waals surface area contributed by atoms with Gasteiger partial charge in [-0.25, -0.2) is 4.79 Å². The van der Waals surface area contributed by atoms with E-state index in [0.29, 0.717) is 5.65 Å². The van der Waals surface area contributed by atoms with Crippen molar-refractivity contribution in [3.05, 3.63) is 105 Å². The lowest BCUT2D eigenvalue weighted by Gasteiger charge is -2.11. The maximum atomic E-state index is 13.2. The number of fused-ring (bicyclic) bond motifs is 1. The predicted octanol–water partition coefficient (Wildman–Crippen LogP) is 5.45. The van der Waals surface area contributed by atoms with Gasteiger partial charge in [0.15, 0.2) is 5.56 Å². The number of aromatic nitrogens is 2. The van der Waals surface area contributed by atoms with Crippen LogP contribution in [0, 0.1) is 0 Å². The van der Waals surface area contributed by atoms with E-state index in [9.17, 15) is 23.1 Å². The molecule has 1 N–H and O–H groups in total. The minimum absolute atomic E-state index is 0.00813. The third kappa shape index (κ3) is 4.31. The summed E-state index contributed by atoms with van der Waals surface area (Å²) in [6, 6.07) is 17.0. The number of pyridine rings is 1. The first-order valence-corrected chi connectivity index (χ1v) is 10.4. The van der Waals surface area contributed by atoms with Crippen LogP contribution < -0.4 is 10.1 Å². The molecular formula is C24H17BrF3N2O2+. The van der Waals surface area contributed by atoms with E-state index in [0.717, 1.165) is 22.2 Å². The van der Waals surface area contributed by atoms with Gasteiger partial charge in [-0.1, -0.05) is 52.3 Å². The first-order valence-electron chi connectivity index (χ1n) is 9.61. The van der Waals surface area contributed by atoms with Crippen molar-refractivity contribution in [2.24, 2.45) is 0 Å². The highest BCUT2D eigenvalue weighted by molar-refractivity contribution is 9.10.